The molecule has 5 heteroatoms. The molecule has 108 valence electrons. The van der Waals surface area contributed by atoms with Crippen molar-refractivity contribution in [2.75, 3.05) is 19.8 Å². The Morgan fingerprint density at radius 1 is 1.39 bits per heavy atom. The molecule has 0 rings (SSSR count). The maximum atomic E-state index is 11.4. The van der Waals surface area contributed by atoms with Crippen LogP contribution in [0.4, 0.5) is 0 Å². The second-order valence-electron chi connectivity index (χ2n) is 5.36. The molecular weight excluding hydrogens is 234 g/mol. The third kappa shape index (κ3) is 8.44. The first-order valence-electron chi connectivity index (χ1n) is 6.48. The molecule has 1 amide bonds. The van der Waals surface area contributed by atoms with Crippen LogP contribution in [0.25, 0.3) is 0 Å². The monoisotopic (exact) mass is 261 g/mol. The predicted molar refractivity (Wildman–Crippen MR) is 70.2 cm³/mol. The molecule has 0 aliphatic heterocycles. The molecule has 0 aromatic rings. The molecule has 0 saturated carbocycles. The third-order valence-corrected chi connectivity index (χ3v) is 2.95. The smallest absolute Gasteiger partial charge is 0.220 e. The summed E-state index contributed by atoms with van der Waals surface area (Å²) in [6, 6.07) is 0. The summed E-state index contributed by atoms with van der Waals surface area (Å²) in [5.74, 6) is -0.00297. The highest BCUT2D eigenvalue weighted by molar-refractivity contribution is 5.75. The number of carbonyl (C=O) groups excluding carboxylic acids is 1. The molecule has 3 N–H and O–H groups in total. The van der Waals surface area contributed by atoms with Crippen LogP contribution in [0.5, 0.6) is 0 Å². The van der Waals surface area contributed by atoms with E-state index in [1.54, 1.807) is 6.92 Å². The molecule has 0 aromatic heterocycles. The average Bonchev–Trinajstić information content (AvgIpc) is 2.30. The zero-order valence-electron chi connectivity index (χ0n) is 11.9. The van der Waals surface area contributed by atoms with E-state index >= 15 is 0 Å². The van der Waals surface area contributed by atoms with Crippen LogP contribution < -0.4 is 5.32 Å². The summed E-state index contributed by atoms with van der Waals surface area (Å²) in [7, 11) is 0. The molecule has 0 radical (unpaired) electrons. The zero-order valence-corrected chi connectivity index (χ0v) is 11.9. The fourth-order valence-corrected chi connectivity index (χ4v) is 1.27. The van der Waals surface area contributed by atoms with Crippen molar-refractivity contribution in [2.24, 2.45) is 5.92 Å². The van der Waals surface area contributed by atoms with Gasteiger partial charge in [-0.25, -0.2) is 0 Å². The topological polar surface area (TPSA) is 78.8 Å². The Morgan fingerprint density at radius 3 is 2.50 bits per heavy atom. The fourth-order valence-electron chi connectivity index (χ4n) is 1.27. The summed E-state index contributed by atoms with van der Waals surface area (Å²) in [6.45, 7) is 8.25. The van der Waals surface area contributed by atoms with Crippen molar-refractivity contribution < 1.29 is 19.7 Å². The van der Waals surface area contributed by atoms with Crippen molar-refractivity contribution >= 4 is 5.91 Å². The maximum absolute atomic E-state index is 11.4. The number of rotatable bonds is 9. The number of hydrogen-bond donors (Lipinski definition) is 3. The lowest BCUT2D eigenvalue weighted by Gasteiger charge is -2.27. The summed E-state index contributed by atoms with van der Waals surface area (Å²) in [5.41, 5.74) is -0.389. The Balaban J connectivity index is 3.89. The number of aliphatic hydroxyl groups excluding tert-OH is 2. The van der Waals surface area contributed by atoms with Crippen LogP contribution in [-0.2, 0) is 9.53 Å². The number of aliphatic hydroxyl groups is 2. The Morgan fingerprint density at radius 2 is 2.00 bits per heavy atom. The number of amides is 1. The van der Waals surface area contributed by atoms with Crippen LogP contribution in [0.2, 0.25) is 0 Å². The van der Waals surface area contributed by atoms with Gasteiger partial charge in [0.2, 0.25) is 5.91 Å². The molecule has 0 fully saturated rings. The van der Waals surface area contributed by atoms with Crippen molar-refractivity contribution in [3.8, 4) is 0 Å². The van der Waals surface area contributed by atoms with E-state index in [1.807, 2.05) is 20.8 Å². The summed E-state index contributed by atoms with van der Waals surface area (Å²) in [4.78, 5) is 11.4. The van der Waals surface area contributed by atoms with Gasteiger partial charge in [-0.2, -0.15) is 0 Å². The minimum Gasteiger partial charge on any atom is -0.395 e. The molecule has 2 atom stereocenters. The molecule has 0 bridgehead atoms. The molecule has 0 spiro atoms. The number of ether oxygens (including phenoxy) is 1. The van der Waals surface area contributed by atoms with Crippen LogP contribution in [0.3, 0.4) is 0 Å². The van der Waals surface area contributed by atoms with Crippen LogP contribution in [-0.4, -0.2) is 47.6 Å². The van der Waals surface area contributed by atoms with E-state index in [4.69, 9.17) is 9.84 Å². The van der Waals surface area contributed by atoms with Gasteiger partial charge in [0.1, 0.15) is 0 Å². The first-order chi connectivity index (χ1) is 8.28. The number of carbonyl (C=O) groups is 1. The third-order valence-electron chi connectivity index (χ3n) is 2.95. The van der Waals surface area contributed by atoms with Crippen LogP contribution in [0.1, 0.15) is 40.5 Å². The van der Waals surface area contributed by atoms with Gasteiger partial charge in [0.15, 0.2) is 0 Å². The standard InChI is InChI=1S/C13H27NO4/c1-10(11(2)16)9-18-13(3,4)6-5-12(17)14-7-8-15/h10-11,15-16H,5-9H2,1-4H3,(H,14,17). The van der Waals surface area contributed by atoms with Gasteiger partial charge in [0.05, 0.1) is 24.9 Å². The molecule has 2 unspecified atom stereocenters. The lowest BCUT2D eigenvalue weighted by Crippen LogP contribution is -2.33. The molecule has 18 heavy (non-hydrogen) atoms. The fraction of sp³-hybridized carbons (Fsp3) is 0.923. The van der Waals surface area contributed by atoms with Crippen LogP contribution in [0.15, 0.2) is 0 Å². The molecule has 0 aliphatic carbocycles. The summed E-state index contributed by atoms with van der Waals surface area (Å²) in [6.07, 6.45) is 0.584. The quantitative estimate of drug-likeness (QED) is 0.570. The van der Waals surface area contributed by atoms with E-state index in [-0.39, 0.29) is 24.0 Å². The highest BCUT2D eigenvalue weighted by atomic mass is 16.5. The normalized spacial score (nSPS) is 15.2. The minimum atomic E-state index is -0.395. The minimum absolute atomic E-state index is 0.0441. The summed E-state index contributed by atoms with van der Waals surface area (Å²) in [5, 5.41) is 20.5. The molecular formula is C13H27NO4. The Kier molecular flexibility index (Phi) is 8.15. The highest BCUT2D eigenvalue weighted by Gasteiger charge is 2.21. The van der Waals surface area contributed by atoms with E-state index in [2.05, 4.69) is 5.32 Å². The van der Waals surface area contributed by atoms with Gasteiger partial charge in [-0.3, -0.25) is 4.79 Å². The number of hydrogen-bond acceptors (Lipinski definition) is 4. The lowest BCUT2D eigenvalue weighted by molar-refractivity contribution is -0.123. The SMILES string of the molecule is CC(O)C(C)COC(C)(C)CCC(=O)NCCO. The van der Waals surface area contributed by atoms with Crippen molar-refractivity contribution in [3.63, 3.8) is 0 Å². The van der Waals surface area contributed by atoms with Gasteiger partial charge in [-0.15, -0.1) is 0 Å². The summed E-state index contributed by atoms with van der Waals surface area (Å²) < 4.78 is 5.72. The molecule has 5 nitrogen and oxygen atoms in total. The maximum Gasteiger partial charge on any atom is 0.220 e. The van der Waals surface area contributed by atoms with E-state index in [0.717, 1.165) is 0 Å². The van der Waals surface area contributed by atoms with Gasteiger partial charge in [-0.1, -0.05) is 6.92 Å². The van der Waals surface area contributed by atoms with Crippen LogP contribution in [0, 0.1) is 5.92 Å². The van der Waals surface area contributed by atoms with Gasteiger partial charge in [-0.05, 0) is 27.2 Å². The van der Waals surface area contributed by atoms with Crippen molar-refractivity contribution in [1.82, 2.24) is 5.32 Å². The number of nitrogens with one attached hydrogen (secondary N) is 1. The van der Waals surface area contributed by atoms with E-state index < -0.39 is 6.10 Å². The van der Waals surface area contributed by atoms with Crippen molar-refractivity contribution in [3.05, 3.63) is 0 Å². The first-order valence-corrected chi connectivity index (χ1v) is 6.48. The molecule has 0 aliphatic rings. The lowest BCUT2D eigenvalue weighted by atomic mass is 10.0. The predicted octanol–water partition coefficient (Wildman–Crippen LogP) is 0.687. The van der Waals surface area contributed by atoms with E-state index in [0.29, 0.717) is 26.0 Å². The van der Waals surface area contributed by atoms with E-state index in [9.17, 15) is 9.90 Å². The second-order valence-corrected chi connectivity index (χ2v) is 5.36. The van der Waals surface area contributed by atoms with Crippen molar-refractivity contribution in [2.45, 2.75) is 52.2 Å². The molecule has 0 aromatic carbocycles. The first kappa shape index (κ1) is 17.4. The Bertz CT molecular complexity index is 241. The second kappa shape index (κ2) is 8.45. The van der Waals surface area contributed by atoms with Crippen LogP contribution >= 0.6 is 0 Å². The molecule has 0 saturated heterocycles. The van der Waals surface area contributed by atoms with Gasteiger partial charge < -0.3 is 20.3 Å². The highest BCUT2D eigenvalue weighted by Crippen LogP contribution is 2.18. The van der Waals surface area contributed by atoms with Gasteiger partial charge in [0.25, 0.3) is 0 Å². The Labute approximate surface area is 110 Å². The summed E-state index contributed by atoms with van der Waals surface area (Å²) >= 11 is 0. The largest absolute Gasteiger partial charge is 0.395 e. The zero-order chi connectivity index (χ0) is 14.2. The Hall–Kier alpha value is -0.650. The molecule has 0 heterocycles. The van der Waals surface area contributed by atoms with Gasteiger partial charge in [0, 0.05) is 18.9 Å². The van der Waals surface area contributed by atoms with Gasteiger partial charge >= 0.3 is 0 Å². The van der Waals surface area contributed by atoms with Crippen molar-refractivity contribution in [1.29, 1.82) is 0 Å². The van der Waals surface area contributed by atoms with E-state index in [1.165, 1.54) is 0 Å². The average molecular weight is 261 g/mol.